The Morgan fingerprint density at radius 1 is 0.875 bits per heavy atom. The Kier molecular flexibility index (Phi) is 10.4. The summed E-state index contributed by atoms with van der Waals surface area (Å²) in [7, 11) is 1.79. The lowest BCUT2D eigenvalue weighted by molar-refractivity contribution is 0.303. The van der Waals surface area contributed by atoms with Gasteiger partial charge in [0.1, 0.15) is 5.75 Å². The summed E-state index contributed by atoms with van der Waals surface area (Å²) in [5.41, 5.74) is 5.75. The number of aryl methyl sites for hydroxylation is 2. The van der Waals surface area contributed by atoms with Crippen LogP contribution >= 0.6 is 0 Å². The van der Waals surface area contributed by atoms with Gasteiger partial charge < -0.3 is 4.74 Å². The summed E-state index contributed by atoms with van der Waals surface area (Å²) < 4.78 is 5.57. The molecule has 0 spiro atoms. The van der Waals surface area contributed by atoms with E-state index >= 15 is 0 Å². The molecular formula is C31H44O. The second kappa shape index (κ2) is 13.5. The molecule has 0 radical (unpaired) electrons. The highest BCUT2D eigenvalue weighted by Gasteiger charge is 2.22. The fourth-order valence-corrected chi connectivity index (χ4v) is 5.25. The normalized spacial score (nSPS) is 18.8. The van der Waals surface area contributed by atoms with Crippen LogP contribution in [0.5, 0.6) is 5.75 Å². The van der Waals surface area contributed by atoms with Crippen LogP contribution in [0.1, 0.15) is 106 Å². The monoisotopic (exact) mass is 432 g/mol. The van der Waals surface area contributed by atoms with Gasteiger partial charge in [-0.3, -0.25) is 0 Å². The van der Waals surface area contributed by atoms with E-state index in [1.54, 1.807) is 12.7 Å². The maximum Gasteiger partial charge on any atom is 0.122 e. The highest BCUT2D eigenvalue weighted by Crippen LogP contribution is 2.39. The molecule has 1 saturated carbocycles. The zero-order valence-corrected chi connectivity index (χ0v) is 20.7. The Morgan fingerprint density at radius 3 is 2.34 bits per heavy atom. The number of allylic oxidation sites excluding steroid dienone is 1. The van der Waals surface area contributed by atoms with Crippen molar-refractivity contribution in [3.63, 3.8) is 0 Å². The standard InChI is InChI=1S/C31H44O/c1-4-6-7-11-25-14-16-26(17-15-25)12-8-9-13-27-18-20-28(21-19-27)29-22-23-31(32-3)30(24-29)10-5-2/h7,11,14-17,22-24,27-28H,4-6,8-10,12-13,18-21H2,1-3H3/b11-7+. The van der Waals surface area contributed by atoms with Crippen molar-refractivity contribution in [2.24, 2.45) is 5.92 Å². The summed E-state index contributed by atoms with van der Waals surface area (Å²) in [5, 5.41) is 0. The summed E-state index contributed by atoms with van der Waals surface area (Å²) >= 11 is 0. The van der Waals surface area contributed by atoms with Crippen LogP contribution in [0.25, 0.3) is 6.08 Å². The summed E-state index contributed by atoms with van der Waals surface area (Å²) in [6.07, 6.45) is 20.1. The number of benzene rings is 2. The molecule has 2 aromatic carbocycles. The fraction of sp³-hybridized carbons (Fsp3) is 0.548. The molecule has 1 fully saturated rings. The van der Waals surface area contributed by atoms with Gasteiger partial charge in [-0.1, -0.05) is 88.1 Å². The number of hydrogen-bond donors (Lipinski definition) is 0. The lowest BCUT2D eigenvalue weighted by Crippen LogP contribution is -2.13. The van der Waals surface area contributed by atoms with Crippen molar-refractivity contribution in [1.29, 1.82) is 0 Å². The largest absolute Gasteiger partial charge is 0.496 e. The Balaban J connectivity index is 1.37. The number of rotatable bonds is 12. The van der Waals surface area contributed by atoms with Crippen LogP contribution in [0.2, 0.25) is 0 Å². The van der Waals surface area contributed by atoms with E-state index in [4.69, 9.17) is 4.74 Å². The molecule has 2 aromatic rings. The van der Waals surface area contributed by atoms with E-state index < -0.39 is 0 Å². The zero-order chi connectivity index (χ0) is 22.6. The number of hydrogen-bond acceptors (Lipinski definition) is 1. The van der Waals surface area contributed by atoms with Gasteiger partial charge in [-0.25, -0.2) is 0 Å². The topological polar surface area (TPSA) is 9.23 Å². The molecular weight excluding hydrogens is 388 g/mol. The van der Waals surface area contributed by atoms with Crippen molar-refractivity contribution in [3.05, 3.63) is 70.8 Å². The molecule has 3 rings (SSSR count). The molecule has 1 heteroatoms. The number of methoxy groups -OCH3 is 1. The molecule has 0 unspecified atom stereocenters. The maximum atomic E-state index is 5.57. The van der Waals surface area contributed by atoms with Crippen LogP contribution < -0.4 is 4.74 Å². The van der Waals surface area contributed by atoms with E-state index in [9.17, 15) is 0 Å². The molecule has 1 aliphatic carbocycles. The van der Waals surface area contributed by atoms with Crippen LogP contribution in [0, 0.1) is 5.92 Å². The zero-order valence-electron chi connectivity index (χ0n) is 20.7. The lowest BCUT2D eigenvalue weighted by atomic mass is 9.76. The molecule has 0 heterocycles. The Morgan fingerprint density at radius 2 is 1.66 bits per heavy atom. The van der Waals surface area contributed by atoms with Crippen molar-refractivity contribution in [2.75, 3.05) is 7.11 Å². The molecule has 1 aliphatic rings. The molecule has 0 aliphatic heterocycles. The first kappa shape index (κ1) is 24.6. The fourth-order valence-electron chi connectivity index (χ4n) is 5.25. The predicted octanol–water partition coefficient (Wildman–Crippen LogP) is 9.15. The van der Waals surface area contributed by atoms with Gasteiger partial charge in [-0.15, -0.1) is 0 Å². The first-order valence-electron chi connectivity index (χ1n) is 13.2. The molecule has 0 saturated heterocycles. The number of ether oxygens (including phenoxy) is 1. The first-order valence-corrected chi connectivity index (χ1v) is 13.2. The Labute approximate surface area is 197 Å². The van der Waals surface area contributed by atoms with Crippen molar-refractivity contribution >= 4 is 6.08 Å². The third kappa shape index (κ3) is 7.54. The number of unbranched alkanes of at least 4 members (excludes halogenated alkanes) is 2. The van der Waals surface area contributed by atoms with E-state index in [0.717, 1.165) is 24.0 Å². The van der Waals surface area contributed by atoms with Crippen LogP contribution in [-0.2, 0) is 12.8 Å². The van der Waals surface area contributed by atoms with E-state index in [1.807, 2.05) is 0 Å². The maximum absolute atomic E-state index is 5.57. The quantitative estimate of drug-likeness (QED) is 0.304. The summed E-state index contributed by atoms with van der Waals surface area (Å²) in [6, 6.07) is 16.1. The van der Waals surface area contributed by atoms with Crippen LogP contribution in [0.4, 0.5) is 0 Å². The average molecular weight is 433 g/mol. The molecule has 174 valence electrons. The highest BCUT2D eigenvalue weighted by atomic mass is 16.5. The Bertz CT molecular complexity index is 809. The van der Waals surface area contributed by atoms with E-state index in [-0.39, 0.29) is 0 Å². The minimum absolute atomic E-state index is 0.748. The first-order chi connectivity index (χ1) is 15.7. The smallest absolute Gasteiger partial charge is 0.122 e. The van der Waals surface area contributed by atoms with Crippen molar-refractivity contribution in [3.8, 4) is 5.75 Å². The molecule has 0 aromatic heterocycles. The van der Waals surface area contributed by atoms with Gasteiger partial charge >= 0.3 is 0 Å². The van der Waals surface area contributed by atoms with Gasteiger partial charge in [-0.05, 0) is 91.5 Å². The van der Waals surface area contributed by atoms with E-state index in [1.165, 1.54) is 87.3 Å². The minimum atomic E-state index is 0.748. The molecule has 0 atom stereocenters. The van der Waals surface area contributed by atoms with Crippen LogP contribution in [0.3, 0.4) is 0 Å². The molecule has 32 heavy (non-hydrogen) atoms. The SMILES string of the molecule is CCC/C=C/c1ccc(CCCCC2CCC(c3ccc(OC)c(CCC)c3)CC2)cc1. The summed E-state index contributed by atoms with van der Waals surface area (Å²) in [6.45, 7) is 4.47. The van der Waals surface area contributed by atoms with Crippen LogP contribution in [-0.4, -0.2) is 7.11 Å². The average Bonchev–Trinajstić information content (AvgIpc) is 2.83. The molecule has 0 bridgehead atoms. The second-order valence-electron chi connectivity index (χ2n) is 9.72. The Hall–Kier alpha value is -2.02. The van der Waals surface area contributed by atoms with Gasteiger partial charge in [0.25, 0.3) is 0 Å². The van der Waals surface area contributed by atoms with E-state index in [2.05, 4.69) is 68.5 Å². The van der Waals surface area contributed by atoms with Gasteiger partial charge in [0.2, 0.25) is 0 Å². The minimum Gasteiger partial charge on any atom is -0.496 e. The molecule has 1 nitrogen and oxygen atoms in total. The van der Waals surface area contributed by atoms with E-state index in [0.29, 0.717) is 0 Å². The van der Waals surface area contributed by atoms with Gasteiger partial charge in [0.05, 0.1) is 7.11 Å². The summed E-state index contributed by atoms with van der Waals surface area (Å²) in [4.78, 5) is 0. The summed E-state index contributed by atoms with van der Waals surface area (Å²) in [5.74, 6) is 2.75. The van der Waals surface area contributed by atoms with Gasteiger partial charge in [-0.2, -0.15) is 0 Å². The third-order valence-electron chi connectivity index (χ3n) is 7.22. The van der Waals surface area contributed by atoms with Gasteiger partial charge in [0.15, 0.2) is 0 Å². The molecule has 0 amide bonds. The van der Waals surface area contributed by atoms with Crippen molar-refractivity contribution in [2.45, 2.75) is 96.8 Å². The highest BCUT2D eigenvalue weighted by molar-refractivity contribution is 5.49. The van der Waals surface area contributed by atoms with Crippen molar-refractivity contribution < 1.29 is 4.74 Å². The third-order valence-corrected chi connectivity index (χ3v) is 7.22. The molecule has 0 N–H and O–H groups in total. The van der Waals surface area contributed by atoms with Crippen molar-refractivity contribution in [1.82, 2.24) is 0 Å². The lowest BCUT2D eigenvalue weighted by Gasteiger charge is -2.29. The van der Waals surface area contributed by atoms with Crippen LogP contribution in [0.15, 0.2) is 48.5 Å². The van der Waals surface area contributed by atoms with Gasteiger partial charge in [0, 0.05) is 0 Å². The predicted molar refractivity (Wildman–Crippen MR) is 140 cm³/mol. The second-order valence-corrected chi connectivity index (χ2v) is 9.72.